The first-order chi connectivity index (χ1) is 18.0. The Labute approximate surface area is 227 Å². The Hall–Kier alpha value is -3.22. The number of thioether (sulfide) groups is 2. The van der Waals surface area contributed by atoms with Crippen LogP contribution in [0.1, 0.15) is 17.3 Å². The first kappa shape index (κ1) is 26.8. The van der Waals surface area contributed by atoms with Crippen molar-refractivity contribution in [3.63, 3.8) is 0 Å². The van der Waals surface area contributed by atoms with Crippen molar-refractivity contribution in [2.45, 2.75) is 22.7 Å². The van der Waals surface area contributed by atoms with Crippen molar-refractivity contribution in [1.29, 1.82) is 0 Å². The van der Waals surface area contributed by atoms with Crippen molar-refractivity contribution in [1.82, 2.24) is 20.1 Å². The molecule has 2 N–H and O–H groups in total. The van der Waals surface area contributed by atoms with Gasteiger partial charge in [0.2, 0.25) is 11.0 Å². The molecule has 0 spiro atoms. The van der Waals surface area contributed by atoms with E-state index in [0.29, 0.717) is 35.3 Å². The highest BCUT2D eigenvalue weighted by atomic mass is 32.2. The number of rotatable bonds is 12. The van der Waals surface area contributed by atoms with Crippen LogP contribution in [-0.4, -0.2) is 58.8 Å². The topological polar surface area (TPSA) is 107 Å². The fourth-order valence-electron chi connectivity index (χ4n) is 3.62. The third kappa shape index (κ3) is 6.76. The van der Waals surface area contributed by atoms with Crippen LogP contribution in [0.15, 0.2) is 57.9 Å². The van der Waals surface area contributed by atoms with Crippen LogP contribution in [-0.2, 0) is 11.3 Å². The molecule has 37 heavy (non-hydrogen) atoms. The van der Waals surface area contributed by atoms with Crippen LogP contribution in [0.2, 0.25) is 0 Å². The van der Waals surface area contributed by atoms with Crippen molar-refractivity contribution in [2.24, 2.45) is 0 Å². The number of hydrogen-bond acceptors (Lipinski definition) is 9. The van der Waals surface area contributed by atoms with E-state index in [9.17, 15) is 9.59 Å². The molecule has 0 radical (unpaired) electrons. The molecule has 2 amide bonds. The zero-order valence-corrected chi connectivity index (χ0v) is 23.1. The number of amides is 2. The number of aromatic nitrogens is 3. The minimum atomic E-state index is -0.194. The van der Waals surface area contributed by atoms with Gasteiger partial charge in [-0.2, -0.15) is 0 Å². The van der Waals surface area contributed by atoms with Crippen molar-refractivity contribution in [2.75, 3.05) is 37.6 Å². The number of ether oxygens (including phenoxy) is 2. The number of nitrogens with one attached hydrogen (secondary N) is 2. The molecule has 0 bridgehead atoms. The highest BCUT2D eigenvalue weighted by molar-refractivity contribution is 8.01. The third-order valence-electron chi connectivity index (χ3n) is 5.32. The maximum atomic E-state index is 12.7. The summed E-state index contributed by atoms with van der Waals surface area (Å²) in [7, 11) is 3.09. The summed E-state index contributed by atoms with van der Waals surface area (Å²) in [4.78, 5) is 26.2. The standard InChI is InChI=1S/C25H27N5O4S3/c1-4-35-25-29-28-24(37-25)27-22(31)15-36-21-14-30(18-8-6-5-7-17(18)21)12-11-26-23(32)16-9-10-19(33-2)20(13-16)34-3/h5-10,13-14H,4,11-12,15H2,1-3H3,(H,26,32)(H,27,28,31). The Morgan fingerprint density at radius 3 is 2.65 bits per heavy atom. The first-order valence-electron chi connectivity index (χ1n) is 11.5. The van der Waals surface area contributed by atoms with Gasteiger partial charge < -0.3 is 19.4 Å². The Balaban J connectivity index is 1.36. The maximum absolute atomic E-state index is 12.7. The quantitative estimate of drug-likeness (QED) is 0.189. The normalized spacial score (nSPS) is 10.9. The van der Waals surface area contributed by atoms with E-state index in [1.165, 1.54) is 30.2 Å². The van der Waals surface area contributed by atoms with Gasteiger partial charge in [-0.05, 0) is 30.0 Å². The molecule has 0 aliphatic rings. The van der Waals surface area contributed by atoms with Crippen LogP contribution in [0, 0.1) is 0 Å². The fraction of sp³-hybridized carbons (Fsp3) is 0.280. The Kier molecular flexibility index (Phi) is 9.31. The summed E-state index contributed by atoms with van der Waals surface area (Å²) in [6.45, 7) is 3.06. The molecule has 2 aromatic heterocycles. The van der Waals surface area contributed by atoms with E-state index in [-0.39, 0.29) is 17.6 Å². The smallest absolute Gasteiger partial charge is 0.251 e. The molecule has 12 heteroatoms. The fourth-order valence-corrected chi connectivity index (χ4v) is 6.18. The van der Waals surface area contributed by atoms with Gasteiger partial charge in [-0.25, -0.2) is 0 Å². The summed E-state index contributed by atoms with van der Waals surface area (Å²) in [6.07, 6.45) is 2.02. The van der Waals surface area contributed by atoms with Crippen molar-refractivity contribution >= 4 is 62.7 Å². The Morgan fingerprint density at radius 2 is 1.86 bits per heavy atom. The van der Waals surface area contributed by atoms with E-state index in [1.54, 1.807) is 37.1 Å². The van der Waals surface area contributed by atoms with Crippen molar-refractivity contribution in [3.05, 3.63) is 54.2 Å². The van der Waals surface area contributed by atoms with Crippen LogP contribution in [0.3, 0.4) is 0 Å². The number of anilines is 1. The molecule has 0 fully saturated rings. The summed E-state index contributed by atoms with van der Waals surface area (Å²) in [5, 5.41) is 15.4. The Morgan fingerprint density at radius 1 is 1.05 bits per heavy atom. The molecule has 4 rings (SSSR count). The summed E-state index contributed by atoms with van der Waals surface area (Å²) < 4.78 is 13.4. The largest absolute Gasteiger partial charge is 0.493 e. The molecule has 2 aromatic carbocycles. The van der Waals surface area contributed by atoms with Gasteiger partial charge in [-0.3, -0.25) is 14.9 Å². The number of carbonyl (C=O) groups excluding carboxylic acids is 2. The number of para-hydroxylation sites is 1. The molecule has 4 aromatic rings. The van der Waals surface area contributed by atoms with Crippen LogP contribution < -0.4 is 20.1 Å². The maximum Gasteiger partial charge on any atom is 0.251 e. The zero-order valence-electron chi connectivity index (χ0n) is 20.6. The molecular weight excluding hydrogens is 531 g/mol. The Bertz CT molecular complexity index is 1390. The van der Waals surface area contributed by atoms with E-state index >= 15 is 0 Å². The van der Waals surface area contributed by atoms with Gasteiger partial charge in [0.25, 0.3) is 5.91 Å². The number of methoxy groups -OCH3 is 2. The highest BCUT2D eigenvalue weighted by Gasteiger charge is 2.14. The monoisotopic (exact) mass is 557 g/mol. The van der Waals surface area contributed by atoms with Crippen LogP contribution in [0.25, 0.3) is 10.9 Å². The summed E-state index contributed by atoms with van der Waals surface area (Å²) >= 11 is 4.44. The minimum absolute atomic E-state index is 0.131. The number of hydrogen-bond donors (Lipinski definition) is 2. The second-order valence-corrected chi connectivity index (χ2v) is 11.2. The van der Waals surface area contributed by atoms with E-state index in [2.05, 4.69) is 25.4 Å². The van der Waals surface area contributed by atoms with E-state index in [4.69, 9.17) is 9.47 Å². The average Bonchev–Trinajstić information content (AvgIpc) is 3.51. The lowest BCUT2D eigenvalue weighted by atomic mass is 10.2. The van der Waals surface area contributed by atoms with Gasteiger partial charge in [-0.15, -0.1) is 22.0 Å². The molecule has 194 valence electrons. The van der Waals surface area contributed by atoms with Gasteiger partial charge >= 0.3 is 0 Å². The lowest BCUT2D eigenvalue weighted by Crippen LogP contribution is -2.27. The molecule has 0 unspecified atom stereocenters. The van der Waals surface area contributed by atoms with E-state index < -0.39 is 0 Å². The molecular formula is C25H27N5O4S3. The number of benzene rings is 2. The predicted octanol–water partition coefficient (Wildman–Crippen LogP) is 4.78. The van der Waals surface area contributed by atoms with Gasteiger partial charge in [0.05, 0.1) is 20.0 Å². The van der Waals surface area contributed by atoms with E-state index in [1.807, 2.05) is 37.4 Å². The molecule has 0 saturated heterocycles. The minimum Gasteiger partial charge on any atom is -0.493 e. The van der Waals surface area contributed by atoms with Crippen LogP contribution in [0.4, 0.5) is 5.13 Å². The first-order valence-corrected chi connectivity index (χ1v) is 14.3. The molecule has 0 aliphatic heterocycles. The van der Waals surface area contributed by atoms with Gasteiger partial charge in [0.15, 0.2) is 15.8 Å². The zero-order chi connectivity index (χ0) is 26.2. The van der Waals surface area contributed by atoms with Crippen molar-refractivity contribution < 1.29 is 19.1 Å². The number of carbonyl (C=O) groups is 2. The molecule has 2 heterocycles. The van der Waals surface area contributed by atoms with Crippen LogP contribution in [0.5, 0.6) is 11.5 Å². The second kappa shape index (κ2) is 12.8. The second-order valence-electron chi connectivity index (χ2n) is 7.67. The molecule has 9 nitrogen and oxygen atoms in total. The lowest BCUT2D eigenvalue weighted by Gasteiger charge is -2.10. The summed E-state index contributed by atoms with van der Waals surface area (Å²) in [6, 6.07) is 13.1. The third-order valence-corrected chi connectivity index (χ3v) is 8.21. The molecule has 0 saturated carbocycles. The van der Waals surface area contributed by atoms with Gasteiger partial charge in [0, 0.05) is 40.6 Å². The predicted molar refractivity (Wildman–Crippen MR) is 149 cm³/mol. The summed E-state index contributed by atoms with van der Waals surface area (Å²) in [5.74, 6) is 1.90. The molecule has 0 aliphatic carbocycles. The SMILES string of the molecule is CCSc1nnc(NC(=O)CSc2cn(CCNC(=O)c3ccc(OC)c(OC)c3)c3ccccc23)s1. The number of fused-ring (bicyclic) bond motifs is 1. The average molecular weight is 558 g/mol. The van der Waals surface area contributed by atoms with Gasteiger partial charge in [0.1, 0.15) is 0 Å². The van der Waals surface area contributed by atoms with E-state index in [0.717, 1.165) is 25.9 Å². The van der Waals surface area contributed by atoms with Gasteiger partial charge in [-0.1, -0.05) is 48.2 Å². The lowest BCUT2D eigenvalue weighted by molar-refractivity contribution is -0.113. The molecule has 0 atom stereocenters. The number of nitrogens with zero attached hydrogens (tertiary/aromatic N) is 3. The highest BCUT2D eigenvalue weighted by Crippen LogP contribution is 2.31. The summed E-state index contributed by atoms with van der Waals surface area (Å²) in [5.41, 5.74) is 1.53. The van der Waals surface area contributed by atoms with Crippen LogP contribution >= 0.6 is 34.9 Å². The van der Waals surface area contributed by atoms with Crippen molar-refractivity contribution in [3.8, 4) is 11.5 Å².